The average Bonchev–Trinajstić information content (AvgIpc) is 2.12. The molecular formula is C11H18N2O. The summed E-state index contributed by atoms with van der Waals surface area (Å²) < 4.78 is 1.81. The normalized spacial score (nSPS) is 10.6. The van der Waals surface area contributed by atoms with Crippen molar-refractivity contribution in [2.24, 2.45) is 0 Å². The number of rotatable bonds is 3. The van der Waals surface area contributed by atoms with E-state index < -0.39 is 0 Å². The van der Waals surface area contributed by atoms with E-state index in [2.05, 4.69) is 11.4 Å². The zero-order chi connectivity index (χ0) is 10.7. The Balaban J connectivity index is 3.36. The summed E-state index contributed by atoms with van der Waals surface area (Å²) in [6, 6.07) is 2.07. The molecule has 3 nitrogen and oxygen atoms in total. The molecule has 0 radical (unpaired) electrons. The van der Waals surface area contributed by atoms with Gasteiger partial charge in [0, 0.05) is 24.3 Å². The first-order valence-corrected chi connectivity index (χ1v) is 4.96. The third-order valence-corrected chi connectivity index (χ3v) is 2.50. The van der Waals surface area contributed by atoms with Crippen LogP contribution in [0.2, 0.25) is 0 Å². The van der Waals surface area contributed by atoms with Crippen LogP contribution in [0.1, 0.15) is 23.7 Å². The Labute approximate surface area is 84.8 Å². The van der Waals surface area contributed by atoms with Crippen LogP contribution in [-0.2, 0) is 13.1 Å². The summed E-state index contributed by atoms with van der Waals surface area (Å²) in [5, 5.41) is 3.02. The van der Waals surface area contributed by atoms with Crippen LogP contribution in [0, 0.1) is 13.8 Å². The number of nitrogens with one attached hydrogen (secondary N) is 1. The van der Waals surface area contributed by atoms with Crippen molar-refractivity contribution >= 4 is 0 Å². The van der Waals surface area contributed by atoms with Crippen LogP contribution in [0.25, 0.3) is 0 Å². The van der Waals surface area contributed by atoms with Gasteiger partial charge in [-0.1, -0.05) is 0 Å². The predicted octanol–water partition coefficient (Wildman–Crippen LogP) is 1.20. The molecule has 0 atom stereocenters. The van der Waals surface area contributed by atoms with Crippen molar-refractivity contribution in [1.29, 1.82) is 0 Å². The van der Waals surface area contributed by atoms with Crippen LogP contribution in [0.5, 0.6) is 0 Å². The Bertz CT molecular complexity index is 380. The maximum atomic E-state index is 12.0. The van der Waals surface area contributed by atoms with Crippen molar-refractivity contribution in [1.82, 2.24) is 9.88 Å². The molecule has 0 aliphatic heterocycles. The molecular weight excluding hydrogens is 176 g/mol. The van der Waals surface area contributed by atoms with E-state index in [4.69, 9.17) is 0 Å². The largest absolute Gasteiger partial charge is 0.315 e. The second kappa shape index (κ2) is 4.42. The lowest BCUT2D eigenvalue weighted by atomic mass is 10.1. The molecule has 1 heterocycles. The average molecular weight is 194 g/mol. The molecule has 1 N–H and O–H groups in total. The molecule has 78 valence electrons. The topological polar surface area (TPSA) is 34.0 Å². The van der Waals surface area contributed by atoms with E-state index in [0.717, 1.165) is 23.4 Å². The highest BCUT2D eigenvalue weighted by atomic mass is 16.1. The summed E-state index contributed by atoms with van der Waals surface area (Å²) >= 11 is 0. The van der Waals surface area contributed by atoms with Crippen LogP contribution >= 0.6 is 0 Å². The summed E-state index contributed by atoms with van der Waals surface area (Å²) in [4.78, 5) is 12.0. The summed E-state index contributed by atoms with van der Waals surface area (Å²) in [5.74, 6) is 0. The zero-order valence-corrected chi connectivity index (χ0v) is 9.35. The Kier molecular flexibility index (Phi) is 3.47. The van der Waals surface area contributed by atoms with Gasteiger partial charge in [0.25, 0.3) is 5.56 Å². The van der Waals surface area contributed by atoms with Crippen molar-refractivity contribution in [3.05, 3.63) is 33.2 Å². The van der Waals surface area contributed by atoms with Gasteiger partial charge >= 0.3 is 0 Å². The molecule has 3 heteroatoms. The number of aromatic nitrogens is 1. The third kappa shape index (κ3) is 1.87. The second-order valence-electron chi connectivity index (χ2n) is 3.53. The molecule has 14 heavy (non-hydrogen) atoms. The first-order chi connectivity index (χ1) is 6.61. The van der Waals surface area contributed by atoms with Gasteiger partial charge in [-0.15, -0.1) is 0 Å². The molecule has 0 unspecified atom stereocenters. The molecule has 0 aliphatic rings. The lowest BCUT2D eigenvalue weighted by molar-refractivity contribution is 0.674. The zero-order valence-electron chi connectivity index (χ0n) is 9.35. The van der Waals surface area contributed by atoms with Gasteiger partial charge in [0.05, 0.1) is 0 Å². The van der Waals surface area contributed by atoms with E-state index in [1.165, 1.54) is 0 Å². The Hall–Kier alpha value is -1.09. The number of hydrogen-bond acceptors (Lipinski definition) is 2. The molecule has 0 aromatic carbocycles. The van der Waals surface area contributed by atoms with Crippen molar-refractivity contribution in [3.8, 4) is 0 Å². The standard InChI is InChI=1S/C11H18N2O/c1-5-13-9(3)6-8(2)10(7-12-4)11(13)14/h6,12H,5,7H2,1-4H3. The summed E-state index contributed by atoms with van der Waals surface area (Å²) in [6.45, 7) is 7.33. The Morgan fingerprint density at radius 3 is 2.57 bits per heavy atom. The van der Waals surface area contributed by atoms with Gasteiger partial charge in [0.15, 0.2) is 0 Å². The van der Waals surface area contributed by atoms with Crippen molar-refractivity contribution in [2.45, 2.75) is 33.9 Å². The van der Waals surface area contributed by atoms with Gasteiger partial charge in [-0.2, -0.15) is 0 Å². The fourth-order valence-electron chi connectivity index (χ4n) is 1.75. The smallest absolute Gasteiger partial charge is 0.255 e. The number of nitrogens with zero attached hydrogens (tertiary/aromatic N) is 1. The molecule has 0 saturated carbocycles. The Morgan fingerprint density at radius 1 is 1.43 bits per heavy atom. The van der Waals surface area contributed by atoms with Crippen molar-refractivity contribution < 1.29 is 0 Å². The second-order valence-corrected chi connectivity index (χ2v) is 3.53. The highest BCUT2D eigenvalue weighted by Gasteiger charge is 2.07. The molecule has 0 bridgehead atoms. The molecule has 0 fully saturated rings. The summed E-state index contributed by atoms with van der Waals surface area (Å²) in [5.41, 5.74) is 3.13. The predicted molar refractivity (Wildman–Crippen MR) is 58.6 cm³/mol. The Morgan fingerprint density at radius 2 is 2.07 bits per heavy atom. The highest BCUT2D eigenvalue weighted by molar-refractivity contribution is 5.26. The van der Waals surface area contributed by atoms with Crippen molar-refractivity contribution in [2.75, 3.05) is 7.05 Å². The molecule has 0 amide bonds. The quantitative estimate of drug-likeness (QED) is 0.784. The van der Waals surface area contributed by atoms with Crippen LogP contribution in [0.3, 0.4) is 0 Å². The van der Waals surface area contributed by atoms with Gasteiger partial charge < -0.3 is 9.88 Å². The minimum absolute atomic E-state index is 0.138. The van der Waals surface area contributed by atoms with Gasteiger partial charge in [0.1, 0.15) is 0 Å². The van der Waals surface area contributed by atoms with Crippen LogP contribution in [-0.4, -0.2) is 11.6 Å². The van der Waals surface area contributed by atoms with E-state index in [0.29, 0.717) is 6.54 Å². The number of pyridine rings is 1. The number of aryl methyl sites for hydroxylation is 2. The maximum absolute atomic E-state index is 12.0. The molecule has 0 spiro atoms. The minimum Gasteiger partial charge on any atom is -0.315 e. The first kappa shape index (κ1) is 11.0. The van der Waals surface area contributed by atoms with Crippen LogP contribution < -0.4 is 10.9 Å². The van der Waals surface area contributed by atoms with E-state index in [1.807, 2.05) is 27.8 Å². The summed E-state index contributed by atoms with van der Waals surface area (Å²) in [7, 11) is 1.86. The van der Waals surface area contributed by atoms with Gasteiger partial charge in [-0.05, 0) is 39.4 Å². The lowest BCUT2D eigenvalue weighted by Crippen LogP contribution is -2.28. The summed E-state index contributed by atoms with van der Waals surface area (Å²) in [6.07, 6.45) is 0. The van der Waals surface area contributed by atoms with Gasteiger partial charge in [-0.25, -0.2) is 0 Å². The lowest BCUT2D eigenvalue weighted by Gasteiger charge is -2.12. The van der Waals surface area contributed by atoms with Crippen LogP contribution in [0.15, 0.2) is 10.9 Å². The van der Waals surface area contributed by atoms with Crippen molar-refractivity contribution in [3.63, 3.8) is 0 Å². The monoisotopic (exact) mass is 194 g/mol. The molecule has 1 aromatic heterocycles. The SMILES string of the molecule is CCn1c(C)cc(C)c(CNC)c1=O. The van der Waals surface area contributed by atoms with E-state index in [9.17, 15) is 4.79 Å². The van der Waals surface area contributed by atoms with E-state index in [-0.39, 0.29) is 5.56 Å². The molecule has 0 aliphatic carbocycles. The fraction of sp³-hybridized carbons (Fsp3) is 0.545. The molecule has 1 aromatic rings. The minimum atomic E-state index is 0.138. The van der Waals surface area contributed by atoms with E-state index in [1.54, 1.807) is 4.57 Å². The van der Waals surface area contributed by atoms with E-state index >= 15 is 0 Å². The number of hydrogen-bond donors (Lipinski definition) is 1. The fourth-order valence-corrected chi connectivity index (χ4v) is 1.75. The first-order valence-electron chi connectivity index (χ1n) is 4.96. The molecule has 1 rings (SSSR count). The van der Waals surface area contributed by atoms with Gasteiger partial charge in [0.2, 0.25) is 0 Å². The molecule has 0 saturated heterocycles. The third-order valence-electron chi connectivity index (χ3n) is 2.50. The maximum Gasteiger partial charge on any atom is 0.255 e. The highest BCUT2D eigenvalue weighted by Crippen LogP contribution is 2.05. The van der Waals surface area contributed by atoms with Crippen LogP contribution in [0.4, 0.5) is 0 Å². The van der Waals surface area contributed by atoms with Gasteiger partial charge in [-0.3, -0.25) is 4.79 Å².